The van der Waals surface area contributed by atoms with Crippen molar-refractivity contribution in [1.29, 1.82) is 0 Å². The topological polar surface area (TPSA) is 55.1 Å². The molecule has 4 heteroatoms. The van der Waals surface area contributed by atoms with Gasteiger partial charge < -0.3 is 11.1 Å². The van der Waals surface area contributed by atoms with Crippen molar-refractivity contribution in [2.75, 3.05) is 0 Å². The highest BCUT2D eigenvalue weighted by atomic mass is 32.1. The molecule has 0 fully saturated rings. The molecule has 1 atom stereocenters. The predicted molar refractivity (Wildman–Crippen MR) is 74.5 cm³/mol. The average Bonchev–Trinajstić information content (AvgIpc) is 2.90. The smallest absolute Gasteiger partial charge is 0.249 e. The number of rotatable bonds is 5. The van der Waals surface area contributed by atoms with Gasteiger partial charge in [0.2, 0.25) is 5.91 Å². The normalized spacial score (nSPS) is 12.3. The number of benzene rings is 1. The van der Waals surface area contributed by atoms with E-state index in [1.54, 1.807) is 17.4 Å². The third kappa shape index (κ3) is 2.97. The number of amides is 1. The van der Waals surface area contributed by atoms with Crippen LogP contribution in [-0.2, 0) is 6.54 Å². The summed E-state index contributed by atoms with van der Waals surface area (Å²) in [4.78, 5) is 12.6. The Morgan fingerprint density at radius 2 is 2.11 bits per heavy atom. The van der Waals surface area contributed by atoms with E-state index >= 15 is 0 Å². The van der Waals surface area contributed by atoms with Crippen LogP contribution in [0.4, 0.5) is 0 Å². The van der Waals surface area contributed by atoms with E-state index in [1.165, 1.54) is 4.88 Å². The molecule has 0 aliphatic rings. The molecule has 3 nitrogen and oxygen atoms in total. The maximum atomic E-state index is 11.3. The highest BCUT2D eigenvalue weighted by Crippen LogP contribution is 2.19. The zero-order valence-corrected chi connectivity index (χ0v) is 11.0. The van der Waals surface area contributed by atoms with Crippen molar-refractivity contribution in [2.45, 2.75) is 19.5 Å². The van der Waals surface area contributed by atoms with Crippen molar-refractivity contribution in [1.82, 2.24) is 5.32 Å². The fourth-order valence-electron chi connectivity index (χ4n) is 1.82. The van der Waals surface area contributed by atoms with Gasteiger partial charge in [-0.25, -0.2) is 0 Å². The van der Waals surface area contributed by atoms with Crippen LogP contribution >= 0.6 is 11.3 Å². The van der Waals surface area contributed by atoms with Crippen LogP contribution in [0.25, 0.3) is 0 Å². The molecule has 1 amide bonds. The zero-order chi connectivity index (χ0) is 13.0. The van der Waals surface area contributed by atoms with Crippen LogP contribution in [0.3, 0.4) is 0 Å². The lowest BCUT2D eigenvalue weighted by molar-refractivity contribution is 0.0999. The second-order valence-electron chi connectivity index (χ2n) is 4.14. The Bertz CT molecular complexity index is 522. The van der Waals surface area contributed by atoms with Crippen LogP contribution in [0.2, 0.25) is 0 Å². The lowest BCUT2D eigenvalue weighted by Crippen LogP contribution is -2.21. The summed E-state index contributed by atoms with van der Waals surface area (Å²) in [5, 5.41) is 5.46. The highest BCUT2D eigenvalue weighted by molar-refractivity contribution is 7.10. The van der Waals surface area contributed by atoms with Crippen LogP contribution in [0, 0.1) is 0 Å². The largest absolute Gasteiger partial charge is 0.366 e. The molecule has 0 unspecified atom stereocenters. The molecule has 0 aliphatic heterocycles. The molecule has 0 bridgehead atoms. The van der Waals surface area contributed by atoms with E-state index in [9.17, 15) is 4.79 Å². The maximum Gasteiger partial charge on any atom is 0.249 e. The minimum Gasteiger partial charge on any atom is -0.366 e. The van der Waals surface area contributed by atoms with Crippen LogP contribution in [0.15, 0.2) is 41.8 Å². The van der Waals surface area contributed by atoms with Crippen molar-refractivity contribution in [3.63, 3.8) is 0 Å². The number of carbonyl (C=O) groups excluding carboxylic acids is 1. The van der Waals surface area contributed by atoms with Gasteiger partial charge in [0.15, 0.2) is 0 Å². The number of hydrogen-bond acceptors (Lipinski definition) is 3. The lowest BCUT2D eigenvalue weighted by Gasteiger charge is -2.13. The van der Waals surface area contributed by atoms with E-state index in [0.717, 1.165) is 5.56 Å². The molecule has 0 saturated carbocycles. The van der Waals surface area contributed by atoms with Crippen LogP contribution in [-0.4, -0.2) is 5.91 Å². The second kappa shape index (κ2) is 5.80. The lowest BCUT2D eigenvalue weighted by atomic mass is 10.1. The first-order valence-electron chi connectivity index (χ1n) is 5.83. The summed E-state index contributed by atoms with van der Waals surface area (Å²) in [5.41, 5.74) is 6.88. The number of carbonyl (C=O) groups is 1. The summed E-state index contributed by atoms with van der Waals surface area (Å²) in [6.07, 6.45) is 0. The first-order chi connectivity index (χ1) is 8.68. The van der Waals surface area contributed by atoms with Gasteiger partial charge in [-0.2, -0.15) is 0 Å². The molecule has 0 spiro atoms. The van der Waals surface area contributed by atoms with E-state index in [4.69, 9.17) is 5.73 Å². The van der Waals surface area contributed by atoms with Crippen molar-refractivity contribution in [3.8, 4) is 0 Å². The third-order valence-corrected chi connectivity index (χ3v) is 3.91. The SMILES string of the molecule is C[C@@H](NCc1ccccc1C(N)=O)c1cccs1. The fourth-order valence-corrected chi connectivity index (χ4v) is 2.57. The van der Waals surface area contributed by atoms with Crippen molar-refractivity contribution in [3.05, 3.63) is 57.8 Å². The number of thiophene rings is 1. The molecule has 0 radical (unpaired) electrons. The molecule has 1 aromatic carbocycles. The van der Waals surface area contributed by atoms with Gasteiger partial charge in [-0.15, -0.1) is 11.3 Å². The Morgan fingerprint density at radius 1 is 1.33 bits per heavy atom. The maximum absolute atomic E-state index is 11.3. The molecule has 1 aromatic heterocycles. The van der Waals surface area contributed by atoms with E-state index in [2.05, 4.69) is 23.7 Å². The van der Waals surface area contributed by atoms with Crippen molar-refractivity contribution >= 4 is 17.2 Å². The molecular weight excluding hydrogens is 244 g/mol. The number of nitrogens with one attached hydrogen (secondary N) is 1. The number of primary amides is 1. The van der Waals surface area contributed by atoms with E-state index < -0.39 is 0 Å². The Kier molecular flexibility index (Phi) is 4.12. The Morgan fingerprint density at radius 3 is 2.78 bits per heavy atom. The summed E-state index contributed by atoms with van der Waals surface area (Å²) in [6, 6.07) is 11.8. The van der Waals surface area contributed by atoms with Crippen LogP contribution in [0.5, 0.6) is 0 Å². The Labute approximate surface area is 111 Å². The monoisotopic (exact) mass is 260 g/mol. The van der Waals surface area contributed by atoms with Gasteiger partial charge in [-0.3, -0.25) is 4.79 Å². The summed E-state index contributed by atoms with van der Waals surface area (Å²) in [5.74, 6) is -0.379. The third-order valence-electron chi connectivity index (χ3n) is 2.85. The van der Waals surface area contributed by atoms with Gasteiger partial charge in [0.25, 0.3) is 0 Å². The predicted octanol–water partition coefficient (Wildman–Crippen LogP) is 2.70. The van der Waals surface area contributed by atoms with E-state index in [0.29, 0.717) is 12.1 Å². The molecule has 0 saturated heterocycles. The molecule has 2 aromatic rings. The summed E-state index contributed by atoms with van der Waals surface area (Å²) >= 11 is 1.72. The number of nitrogens with two attached hydrogens (primary N) is 1. The van der Waals surface area contributed by atoms with Gasteiger partial charge in [0, 0.05) is 23.0 Å². The minimum absolute atomic E-state index is 0.269. The van der Waals surface area contributed by atoms with Gasteiger partial charge in [-0.05, 0) is 30.0 Å². The van der Waals surface area contributed by atoms with Gasteiger partial charge in [-0.1, -0.05) is 24.3 Å². The molecule has 1 heterocycles. The van der Waals surface area contributed by atoms with Gasteiger partial charge in [0.1, 0.15) is 0 Å². The van der Waals surface area contributed by atoms with Gasteiger partial charge >= 0.3 is 0 Å². The summed E-state index contributed by atoms with van der Waals surface area (Å²) in [6.45, 7) is 2.75. The molecule has 0 aliphatic carbocycles. The summed E-state index contributed by atoms with van der Waals surface area (Å²) in [7, 11) is 0. The van der Waals surface area contributed by atoms with Gasteiger partial charge in [0.05, 0.1) is 0 Å². The quantitative estimate of drug-likeness (QED) is 0.868. The van der Waals surface area contributed by atoms with Crippen LogP contribution < -0.4 is 11.1 Å². The van der Waals surface area contributed by atoms with E-state index in [-0.39, 0.29) is 11.9 Å². The second-order valence-corrected chi connectivity index (χ2v) is 5.12. The zero-order valence-electron chi connectivity index (χ0n) is 10.2. The van der Waals surface area contributed by atoms with Crippen LogP contribution in [0.1, 0.15) is 33.8 Å². The molecule has 3 N–H and O–H groups in total. The minimum atomic E-state index is -0.379. The summed E-state index contributed by atoms with van der Waals surface area (Å²) < 4.78 is 0. The number of hydrogen-bond donors (Lipinski definition) is 2. The standard InChI is InChI=1S/C14H16N2OS/c1-10(13-7-4-8-18-13)16-9-11-5-2-3-6-12(11)14(15)17/h2-8,10,16H,9H2,1H3,(H2,15,17)/t10-/m1/s1. The first kappa shape index (κ1) is 12.8. The van der Waals surface area contributed by atoms with E-state index in [1.807, 2.05) is 24.3 Å². The Hall–Kier alpha value is -1.65. The Balaban J connectivity index is 2.04. The van der Waals surface area contributed by atoms with Crippen molar-refractivity contribution < 1.29 is 4.79 Å². The first-order valence-corrected chi connectivity index (χ1v) is 6.71. The van der Waals surface area contributed by atoms with Crippen molar-refractivity contribution in [2.24, 2.45) is 5.73 Å². The molecular formula is C14H16N2OS. The molecule has 2 rings (SSSR count). The fraction of sp³-hybridized carbons (Fsp3) is 0.214. The molecule has 18 heavy (non-hydrogen) atoms. The highest BCUT2D eigenvalue weighted by Gasteiger charge is 2.09. The average molecular weight is 260 g/mol. The molecule has 94 valence electrons.